The number of piperidine rings is 1. The number of benzene rings is 4. The van der Waals surface area contributed by atoms with E-state index in [1.165, 1.54) is 17.5 Å². The Morgan fingerprint density at radius 2 is 1.04 bits per heavy atom. The van der Waals surface area contributed by atoms with E-state index in [9.17, 15) is 44.6 Å². The number of thiazole rings is 1. The Balaban J connectivity index is 0.000000150. The van der Waals surface area contributed by atoms with Gasteiger partial charge < -0.3 is 64.7 Å². The molecule has 12 aromatic rings. The molecule has 123 heavy (non-hydrogen) atoms. The monoisotopic (exact) mass is 1800 g/mol. The summed E-state index contributed by atoms with van der Waals surface area (Å²) in [6.45, 7) is 24.8. The van der Waals surface area contributed by atoms with Crippen LogP contribution >= 0.6 is 51.5 Å². The fourth-order valence-electron chi connectivity index (χ4n) is 13.7. The SMILES string of the molecule is CC(C)C1CCn2ncc(-c3nc(Nc4ccc(P(C)(C)=O)cc4)ncc3Cl)c2N1.CCP(=O)(CC)c1ccc(Nc2ncc(C(F)(F)F)c(-c3ncc(CN(C)C)s3)n2)cc1.CP(C)(=O)c1ccc(Nc2ncc(C(F)(F)F)c(-c3cnn(C4CCNCC4)c3)n2)cc1.Cn1ncc(-c2ccnc(Nc3ccc(P(C)(C)=O)cc3)n2)c1N1CCOCC1. The number of aryl methyl sites for hydroxylation is 2. The molecule has 0 bridgehead atoms. The van der Waals surface area contributed by atoms with E-state index >= 15 is 0 Å². The molecule has 4 aromatic carbocycles. The maximum Gasteiger partial charge on any atom is 0.420 e. The van der Waals surface area contributed by atoms with Gasteiger partial charge in [-0.3, -0.25) is 9.36 Å². The van der Waals surface area contributed by atoms with Crippen LogP contribution in [0, 0.1) is 5.92 Å². The Morgan fingerprint density at radius 3 is 1.54 bits per heavy atom. The summed E-state index contributed by atoms with van der Waals surface area (Å²) in [6, 6.07) is 31.3. The van der Waals surface area contributed by atoms with E-state index < -0.39 is 52.0 Å². The van der Waals surface area contributed by atoms with Gasteiger partial charge in [0.25, 0.3) is 0 Å². The van der Waals surface area contributed by atoms with Crippen molar-refractivity contribution in [2.75, 3.05) is 137 Å². The van der Waals surface area contributed by atoms with Gasteiger partial charge in [0, 0.05) is 137 Å². The third-order valence-electron chi connectivity index (χ3n) is 20.6. The Kier molecular flexibility index (Phi) is 29.5. The molecule has 0 amide bonds. The Hall–Kier alpha value is -10.1. The lowest BCUT2D eigenvalue weighted by molar-refractivity contribution is -0.138. The zero-order chi connectivity index (χ0) is 88.3. The van der Waals surface area contributed by atoms with Crippen LogP contribution in [0.3, 0.4) is 0 Å². The fourth-order valence-corrected chi connectivity index (χ4v) is 19.4. The first-order chi connectivity index (χ1) is 58.3. The lowest BCUT2D eigenvalue weighted by atomic mass is 9.99. The van der Waals surface area contributed by atoms with Crippen LogP contribution in [0.4, 0.5) is 84.5 Å². The summed E-state index contributed by atoms with van der Waals surface area (Å²) in [4.78, 5) is 43.2. The number of ether oxygens (including phenoxy) is 1. The minimum Gasteiger partial charge on any atom is -0.378 e. The summed E-state index contributed by atoms with van der Waals surface area (Å²) in [5.74, 6) is 3.49. The lowest BCUT2D eigenvalue weighted by Crippen LogP contribution is -2.37. The topological polar surface area (TPSA) is 326 Å². The molecule has 11 heterocycles. The number of alkyl halides is 6. The van der Waals surface area contributed by atoms with Crippen LogP contribution in [0.25, 0.3) is 44.5 Å². The molecule has 1 atom stereocenters. The highest BCUT2D eigenvalue weighted by Gasteiger charge is 2.38. The number of aromatic nitrogens is 15. The van der Waals surface area contributed by atoms with Crippen molar-refractivity contribution in [3.05, 3.63) is 180 Å². The van der Waals surface area contributed by atoms with Gasteiger partial charge in [-0.25, -0.2) is 49.5 Å². The maximum absolute atomic E-state index is 13.6. The zero-order valence-corrected chi connectivity index (χ0v) is 75.6. The number of nitrogens with one attached hydrogen (secondary N) is 6. The number of morpholine rings is 1. The van der Waals surface area contributed by atoms with Crippen molar-refractivity contribution in [3.63, 3.8) is 0 Å². The van der Waals surface area contributed by atoms with Gasteiger partial charge in [0.1, 0.15) is 62.0 Å². The molecule has 2 saturated heterocycles. The lowest BCUT2D eigenvalue weighted by Gasteiger charge is -2.29. The van der Waals surface area contributed by atoms with Crippen LogP contribution < -0.4 is 58.0 Å². The summed E-state index contributed by atoms with van der Waals surface area (Å²) >= 11 is 7.62. The van der Waals surface area contributed by atoms with Crippen LogP contribution in [-0.2, 0) is 55.5 Å². The minimum absolute atomic E-state index is 0.0271. The molecule has 6 N–H and O–H groups in total. The molecule has 652 valence electrons. The minimum atomic E-state index is -4.61. The van der Waals surface area contributed by atoms with Crippen molar-refractivity contribution in [3.8, 4) is 44.5 Å². The molecule has 3 aliphatic heterocycles. The quantitative estimate of drug-likeness (QED) is 0.0256. The predicted molar refractivity (Wildman–Crippen MR) is 482 cm³/mol. The summed E-state index contributed by atoms with van der Waals surface area (Å²) < 4.78 is 142. The highest BCUT2D eigenvalue weighted by molar-refractivity contribution is 7.71. The van der Waals surface area contributed by atoms with Crippen LogP contribution in [0.15, 0.2) is 159 Å². The molecule has 0 spiro atoms. The van der Waals surface area contributed by atoms with Crippen molar-refractivity contribution in [1.29, 1.82) is 0 Å². The van der Waals surface area contributed by atoms with E-state index in [4.69, 9.17) is 21.3 Å². The van der Waals surface area contributed by atoms with Crippen LogP contribution in [0.2, 0.25) is 5.02 Å². The van der Waals surface area contributed by atoms with E-state index in [0.717, 1.165) is 125 Å². The van der Waals surface area contributed by atoms with Gasteiger partial charge in [0.15, 0.2) is 0 Å². The number of fused-ring (bicyclic) bond motifs is 1. The van der Waals surface area contributed by atoms with Gasteiger partial charge in [-0.05, 0) is 195 Å². The highest BCUT2D eigenvalue weighted by atomic mass is 35.5. The first-order valence-corrected chi connectivity index (χ1v) is 50.9. The van der Waals surface area contributed by atoms with Crippen LogP contribution in [0.5, 0.6) is 0 Å². The van der Waals surface area contributed by atoms with Gasteiger partial charge in [0.05, 0.1) is 77.3 Å². The average Bonchev–Trinajstić information content (AvgIpc) is 1.69. The standard InChI is InChI=1S/C21H26ClN6OP.C21H24F3N6OP.C21H25F3N5OPS.C20H25N6O2P/c1-13(2)18-9-10-28-20(26-18)16(11-24-28)19-17(22)12-23-21(27-19)25-14-5-7-15(8-6-14)30(3,4)29;1-32(2,31)17-5-3-15(4-6-17)28-20-26-12-18(21(22,23)24)19(29-20)14-11-27-30(13-14)16-7-9-25-10-8-16;1-5-31(30,6-2)15-9-7-14(8-10-15)27-20-26-12-17(21(22,23)24)18(28-20)19-25-11-16(32-19)13-29(3)4;1-25-19(26-10-12-28-13-11-26)17(14-22-25)18-8-9-21-20(24-18)23-15-4-6-16(7-5-15)29(2,3)27/h5-8,11-13,18,26H,9-10H2,1-4H3,(H,23,25,27);3-6,11-13,16,25H,7-10H2,1-2H3,(H,26,28,29);7-12H,5-6,13H2,1-4H3,(H,26,27,28);4-9,14H,10-13H2,1-3H3,(H,21,23,24). The van der Waals surface area contributed by atoms with E-state index in [2.05, 4.69) is 106 Å². The van der Waals surface area contributed by atoms with Gasteiger partial charge in [0.2, 0.25) is 23.8 Å². The molecular formula is C83H100ClF6N23O5P4S. The van der Waals surface area contributed by atoms with E-state index in [1.54, 1.807) is 124 Å². The number of hydrogen-bond donors (Lipinski definition) is 6. The molecule has 28 nitrogen and oxygen atoms in total. The molecule has 15 rings (SSSR count). The molecule has 8 aromatic heterocycles. The largest absolute Gasteiger partial charge is 0.420 e. The Bertz CT molecular complexity index is 5800. The average molecular weight is 1810 g/mol. The van der Waals surface area contributed by atoms with Crippen molar-refractivity contribution in [2.45, 2.75) is 84.5 Å². The van der Waals surface area contributed by atoms with Gasteiger partial charge in [-0.15, -0.1) is 11.3 Å². The second-order valence-electron chi connectivity index (χ2n) is 31.4. The molecule has 1 unspecified atom stereocenters. The van der Waals surface area contributed by atoms with Crippen molar-refractivity contribution >= 4 is 131 Å². The summed E-state index contributed by atoms with van der Waals surface area (Å²) in [6.07, 6.45) is 7.83. The van der Waals surface area contributed by atoms with Crippen molar-refractivity contribution in [1.82, 2.24) is 84.4 Å². The zero-order valence-electron chi connectivity index (χ0n) is 70.4. The van der Waals surface area contributed by atoms with Crippen molar-refractivity contribution < 1.29 is 49.3 Å². The number of halogens is 7. The first-order valence-electron chi connectivity index (χ1n) is 39.8. The smallest absolute Gasteiger partial charge is 0.378 e. The number of nitrogens with zero attached hydrogens (tertiary/aromatic N) is 17. The number of anilines is 10. The normalized spacial score (nSPS) is 14.7. The van der Waals surface area contributed by atoms with Crippen LogP contribution in [-0.4, -0.2) is 191 Å². The molecule has 0 saturated carbocycles. The third kappa shape index (κ3) is 23.9. The number of hydrogen-bond acceptors (Lipinski definition) is 26. The Morgan fingerprint density at radius 1 is 0.561 bits per heavy atom. The van der Waals surface area contributed by atoms with Crippen LogP contribution in [0.1, 0.15) is 69.0 Å². The summed E-state index contributed by atoms with van der Waals surface area (Å²) in [5, 5.41) is 36.2. The first kappa shape index (κ1) is 92.1. The number of rotatable bonds is 23. The second kappa shape index (κ2) is 39.4. The highest BCUT2D eigenvalue weighted by Crippen LogP contribution is 2.46. The van der Waals surface area contributed by atoms with E-state index in [0.29, 0.717) is 83.3 Å². The van der Waals surface area contributed by atoms with Gasteiger partial charge >= 0.3 is 12.4 Å². The Labute approximate surface area is 719 Å². The molecule has 0 aliphatic carbocycles. The molecule has 40 heteroatoms. The fraction of sp³-hybridized carbons (Fsp3) is 0.373. The van der Waals surface area contributed by atoms with Gasteiger partial charge in [-0.2, -0.15) is 41.6 Å². The van der Waals surface area contributed by atoms with Gasteiger partial charge in [-0.1, -0.05) is 39.3 Å². The maximum atomic E-state index is 13.6. The van der Waals surface area contributed by atoms with Crippen molar-refractivity contribution in [2.24, 2.45) is 13.0 Å². The van der Waals surface area contributed by atoms with E-state index in [1.807, 2.05) is 110 Å². The molecule has 0 radical (unpaired) electrons. The summed E-state index contributed by atoms with van der Waals surface area (Å²) in [5.41, 5.74) is 4.06. The van der Waals surface area contributed by atoms with E-state index in [-0.39, 0.29) is 39.9 Å². The third-order valence-corrected chi connectivity index (χ3v) is 29.8. The molecule has 2 fully saturated rings. The summed E-state index contributed by atoms with van der Waals surface area (Å²) in [7, 11) is -3.68. The second-order valence-corrected chi connectivity index (χ2v) is 46.1. The molecular weight excluding hydrogens is 1700 g/mol. The predicted octanol–water partition coefficient (Wildman–Crippen LogP) is 17.3. The molecule has 3 aliphatic rings.